The van der Waals surface area contributed by atoms with Crippen LogP contribution in [-0.4, -0.2) is 56.5 Å². The van der Waals surface area contributed by atoms with E-state index in [1.807, 2.05) is 0 Å². The van der Waals surface area contributed by atoms with Crippen molar-refractivity contribution in [3.63, 3.8) is 0 Å². The number of aromatic nitrogens is 4. The summed E-state index contributed by atoms with van der Waals surface area (Å²) in [7, 11) is 3.46. The lowest BCUT2D eigenvalue weighted by molar-refractivity contribution is 0.0986. The number of fused-ring (bicyclic) bond motifs is 1. The molecule has 1 saturated heterocycles. The highest BCUT2D eigenvalue weighted by atomic mass is 16.5. The van der Waals surface area contributed by atoms with E-state index in [2.05, 4.69) is 55.7 Å². The Hall–Kier alpha value is -3.22. The van der Waals surface area contributed by atoms with Gasteiger partial charge in [-0.05, 0) is 38.3 Å². The molecule has 1 unspecified atom stereocenters. The lowest BCUT2D eigenvalue weighted by Crippen LogP contribution is -2.59. The SMILES string of the molecule is CC[C@H]1CN(C(C)c2ccc(C)c(COC)n2)[C@H](CC)CN1c1cc(=O)n(C)c2cn(CC#N)nc12. The van der Waals surface area contributed by atoms with Crippen molar-refractivity contribution >= 4 is 16.7 Å². The minimum absolute atomic E-state index is 0.0674. The molecule has 1 fully saturated rings. The average Bonchev–Trinajstić information content (AvgIpc) is 3.31. The zero-order valence-electron chi connectivity index (χ0n) is 22.2. The van der Waals surface area contributed by atoms with Crippen LogP contribution < -0.4 is 10.5 Å². The van der Waals surface area contributed by atoms with Gasteiger partial charge in [0.05, 0.1) is 41.5 Å². The van der Waals surface area contributed by atoms with Gasteiger partial charge in [0.2, 0.25) is 0 Å². The second kappa shape index (κ2) is 10.8. The summed E-state index contributed by atoms with van der Waals surface area (Å²) in [6.07, 6.45) is 3.71. The fourth-order valence-electron chi connectivity index (χ4n) is 5.34. The van der Waals surface area contributed by atoms with E-state index in [0.717, 1.165) is 59.6 Å². The van der Waals surface area contributed by atoms with Crippen molar-refractivity contribution in [3.05, 3.63) is 51.7 Å². The monoisotopic (exact) mass is 491 g/mol. The number of pyridine rings is 2. The molecule has 3 atom stereocenters. The van der Waals surface area contributed by atoms with E-state index < -0.39 is 0 Å². The molecule has 0 saturated carbocycles. The molecule has 3 aromatic rings. The normalized spacial score (nSPS) is 19.5. The number of aryl methyl sites for hydroxylation is 2. The molecule has 0 aromatic carbocycles. The number of hydrogen-bond donors (Lipinski definition) is 0. The topological polar surface area (TPSA) is 92.2 Å². The van der Waals surface area contributed by atoms with Gasteiger partial charge in [-0.15, -0.1) is 0 Å². The van der Waals surface area contributed by atoms with Crippen LogP contribution >= 0.6 is 0 Å². The van der Waals surface area contributed by atoms with Crippen LogP contribution in [0.3, 0.4) is 0 Å². The second-order valence-corrected chi connectivity index (χ2v) is 9.73. The third-order valence-corrected chi connectivity index (χ3v) is 7.59. The molecule has 192 valence electrons. The van der Waals surface area contributed by atoms with Gasteiger partial charge in [0.15, 0.2) is 0 Å². The predicted octanol–water partition coefficient (Wildman–Crippen LogP) is 3.55. The quantitative estimate of drug-likeness (QED) is 0.476. The average molecular weight is 492 g/mol. The molecule has 0 radical (unpaired) electrons. The van der Waals surface area contributed by atoms with Crippen LogP contribution in [-0.2, 0) is 24.9 Å². The highest BCUT2D eigenvalue weighted by Crippen LogP contribution is 2.34. The standard InChI is InChI=1S/C27H37N7O2/c1-7-20-15-34(24-13-26(35)31(5)25-16-32(12-11-28)30-27(24)25)21(8-2)14-33(20)19(4)22-10-9-18(3)23(29-22)17-36-6/h9-10,13,16,19-21H,7-8,12,14-15,17H2,1-6H3/t19?,20-,21+/m1/s1. The first kappa shape index (κ1) is 25.9. The fourth-order valence-corrected chi connectivity index (χ4v) is 5.34. The molecule has 9 nitrogen and oxygen atoms in total. The number of nitrogens with zero attached hydrogens (tertiary/aromatic N) is 7. The summed E-state index contributed by atoms with van der Waals surface area (Å²) in [4.78, 5) is 22.8. The maximum absolute atomic E-state index is 12.9. The van der Waals surface area contributed by atoms with Crippen molar-refractivity contribution in [2.45, 2.75) is 71.8 Å². The number of rotatable bonds is 8. The number of anilines is 1. The first-order chi connectivity index (χ1) is 17.3. The van der Waals surface area contributed by atoms with Crippen molar-refractivity contribution < 1.29 is 4.74 Å². The van der Waals surface area contributed by atoms with Crippen LogP contribution in [0.2, 0.25) is 0 Å². The number of hydrogen-bond acceptors (Lipinski definition) is 7. The van der Waals surface area contributed by atoms with Gasteiger partial charge < -0.3 is 14.2 Å². The Morgan fingerprint density at radius 1 is 1.22 bits per heavy atom. The molecular formula is C27H37N7O2. The summed E-state index contributed by atoms with van der Waals surface area (Å²) in [5.41, 5.74) is 5.49. The van der Waals surface area contributed by atoms with Crippen molar-refractivity contribution in [2.75, 3.05) is 25.1 Å². The first-order valence-corrected chi connectivity index (χ1v) is 12.7. The van der Waals surface area contributed by atoms with Crippen LogP contribution in [0.5, 0.6) is 0 Å². The third-order valence-electron chi connectivity index (χ3n) is 7.59. The van der Waals surface area contributed by atoms with E-state index in [4.69, 9.17) is 20.1 Å². The molecule has 0 bridgehead atoms. The van der Waals surface area contributed by atoms with Gasteiger partial charge in [0.25, 0.3) is 5.56 Å². The van der Waals surface area contributed by atoms with Crippen molar-refractivity contribution in [2.24, 2.45) is 7.05 Å². The Labute approximate surface area is 212 Å². The molecule has 36 heavy (non-hydrogen) atoms. The minimum atomic E-state index is -0.0674. The van der Waals surface area contributed by atoms with Crippen LogP contribution in [0.15, 0.2) is 29.2 Å². The number of ether oxygens (including phenoxy) is 1. The molecule has 0 N–H and O–H groups in total. The van der Waals surface area contributed by atoms with Crippen LogP contribution in [0.25, 0.3) is 11.0 Å². The van der Waals surface area contributed by atoms with Gasteiger partial charge in [0, 0.05) is 51.4 Å². The number of nitriles is 1. The maximum atomic E-state index is 12.9. The Balaban J connectivity index is 1.70. The lowest BCUT2D eigenvalue weighted by Gasteiger charge is -2.49. The zero-order valence-corrected chi connectivity index (χ0v) is 22.2. The predicted molar refractivity (Wildman–Crippen MR) is 141 cm³/mol. The summed E-state index contributed by atoms with van der Waals surface area (Å²) in [5.74, 6) is 0. The van der Waals surface area contributed by atoms with Gasteiger partial charge in [0.1, 0.15) is 12.1 Å². The van der Waals surface area contributed by atoms with E-state index in [1.54, 1.807) is 35.7 Å². The summed E-state index contributed by atoms with van der Waals surface area (Å²) in [6.45, 7) is 11.0. The Morgan fingerprint density at radius 2 is 1.97 bits per heavy atom. The van der Waals surface area contributed by atoms with Gasteiger partial charge >= 0.3 is 0 Å². The number of piperazine rings is 1. The first-order valence-electron chi connectivity index (χ1n) is 12.7. The molecule has 3 aromatic heterocycles. The van der Waals surface area contributed by atoms with Crippen LogP contribution in [0, 0.1) is 18.3 Å². The van der Waals surface area contributed by atoms with Crippen LogP contribution in [0.4, 0.5) is 5.69 Å². The number of methoxy groups -OCH3 is 1. The smallest absolute Gasteiger partial charge is 0.252 e. The van der Waals surface area contributed by atoms with Gasteiger partial charge in [-0.3, -0.25) is 19.4 Å². The molecule has 0 amide bonds. The zero-order chi connectivity index (χ0) is 26.0. The molecule has 4 heterocycles. The Morgan fingerprint density at radius 3 is 2.64 bits per heavy atom. The van der Waals surface area contributed by atoms with E-state index in [9.17, 15) is 4.79 Å². The Bertz CT molecular complexity index is 1320. The van der Waals surface area contributed by atoms with E-state index in [1.165, 1.54) is 0 Å². The molecule has 4 rings (SSSR count). The third kappa shape index (κ3) is 4.75. The van der Waals surface area contributed by atoms with Crippen molar-refractivity contribution in [1.82, 2.24) is 24.2 Å². The second-order valence-electron chi connectivity index (χ2n) is 9.73. The maximum Gasteiger partial charge on any atom is 0.252 e. The molecule has 1 aliphatic heterocycles. The molecule has 9 heteroatoms. The van der Waals surface area contributed by atoms with Gasteiger partial charge in [-0.1, -0.05) is 19.9 Å². The molecule has 0 aliphatic carbocycles. The van der Waals surface area contributed by atoms with Gasteiger partial charge in [-0.25, -0.2) is 0 Å². The van der Waals surface area contributed by atoms with E-state index in [0.29, 0.717) is 6.61 Å². The highest BCUT2D eigenvalue weighted by molar-refractivity contribution is 5.88. The highest BCUT2D eigenvalue weighted by Gasteiger charge is 2.36. The van der Waals surface area contributed by atoms with Crippen LogP contribution in [0.1, 0.15) is 56.6 Å². The molecule has 0 spiro atoms. The lowest BCUT2D eigenvalue weighted by atomic mass is 9.98. The summed E-state index contributed by atoms with van der Waals surface area (Å²) in [5, 5.41) is 13.9. The molecule has 1 aliphatic rings. The molecular weight excluding hydrogens is 454 g/mol. The minimum Gasteiger partial charge on any atom is -0.378 e. The Kier molecular flexibility index (Phi) is 7.76. The summed E-state index contributed by atoms with van der Waals surface area (Å²) in [6, 6.07) is 8.78. The largest absolute Gasteiger partial charge is 0.378 e. The summed E-state index contributed by atoms with van der Waals surface area (Å²) < 4.78 is 8.59. The van der Waals surface area contributed by atoms with E-state index >= 15 is 0 Å². The van der Waals surface area contributed by atoms with E-state index in [-0.39, 0.29) is 30.2 Å². The van der Waals surface area contributed by atoms with Gasteiger partial charge in [-0.2, -0.15) is 10.4 Å². The fraction of sp³-hybridized carbons (Fsp3) is 0.556. The van der Waals surface area contributed by atoms with Crippen molar-refractivity contribution in [3.8, 4) is 6.07 Å². The summed E-state index contributed by atoms with van der Waals surface area (Å²) >= 11 is 0. The van der Waals surface area contributed by atoms with Crippen molar-refractivity contribution in [1.29, 1.82) is 5.26 Å².